The maximum Gasteiger partial charge on any atom is 0.174 e. The molecule has 0 fully saturated rings. The average Bonchev–Trinajstić information content (AvgIpc) is 2.81. The minimum Gasteiger partial charge on any atom is -0.497 e. The van der Waals surface area contributed by atoms with E-state index >= 15 is 0 Å². The van der Waals surface area contributed by atoms with Crippen LogP contribution in [-0.4, -0.2) is 35.8 Å². The quantitative estimate of drug-likeness (QED) is 0.478. The van der Waals surface area contributed by atoms with Gasteiger partial charge in [-0.15, -0.1) is 0 Å². The molecule has 2 aromatic carbocycles. The second kappa shape index (κ2) is 11.2. The fraction of sp³-hybridized carbons (Fsp3) is 0.250. The molecule has 0 aliphatic rings. The Bertz CT molecular complexity index is 998. The summed E-state index contributed by atoms with van der Waals surface area (Å²) < 4.78 is 16.6. The zero-order chi connectivity index (χ0) is 22.1. The molecule has 0 unspecified atom stereocenters. The van der Waals surface area contributed by atoms with Crippen molar-refractivity contribution >= 4 is 23.0 Å². The average molecular weight is 438 g/mol. The summed E-state index contributed by atoms with van der Waals surface area (Å²) in [5.41, 5.74) is 2.88. The molecular weight excluding hydrogens is 410 g/mol. The predicted octanol–water partition coefficient (Wildman–Crippen LogP) is 4.90. The topological polar surface area (TPSA) is 55.9 Å². The summed E-state index contributed by atoms with van der Waals surface area (Å²) in [6.45, 7) is 3.76. The monoisotopic (exact) mass is 437 g/mol. The van der Waals surface area contributed by atoms with Gasteiger partial charge in [0, 0.05) is 37.1 Å². The van der Waals surface area contributed by atoms with Crippen LogP contribution in [0.2, 0.25) is 0 Å². The lowest BCUT2D eigenvalue weighted by Gasteiger charge is -2.27. The number of nitrogens with zero attached hydrogens (tertiary/aromatic N) is 2. The Hall–Kier alpha value is -3.32. The van der Waals surface area contributed by atoms with E-state index in [0.717, 1.165) is 22.6 Å². The van der Waals surface area contributed by atoms with E-state index in [9.17, 15) is 0 Å². The summed E-state index contributed by atoms with van der Waals surface area (Å²) in [6, 6.07) is 17.5. The van der Waals surface area contributed by atoms with Crippen LogP contribution in [-0.2, 0) is 13.1 Å². The van der Waals surface area contributed by atoms with Crippen molar-refractivity contribution in [3.8, 4) is 17.2 Å². The van der Waals surface area contributed by atoms with Crippen LogP contribution < -0.4 is 19.5 Å². The predicted molar refractivity (Wildman–Crippen MR) is 127 cm³/mol. The Labute approximate surface area is 188 Å². The number of anilines is 1. The van der Waals surface area contributed by atoms with Crippen LogP contribution >= 0.6 is 12.2 Å². The van der Waals surface area contributed by atoms with E-state index in [1.807, 2.05) is 61.7 Å². The van der Waals surface area contributed by atoms with E-state index < -0.39 is 0 Å². The van der Waals surface area contributed by atoms with Crippen LogP contribution in [0.3, 0.4) is 0 Å². The maximum atomic E-state index is 5.81. The minimum absolute atomic E-state index is 0.568. The number of aromatic nitrogens is 1. The normalized spacial score (nSPS) is 10.3. The number of thiocarbonyl (C=S) groups is 1. The highest BCUT2D eigenvalue weighted by Crippen LogP contribution is 2.30. The van der Waals surface area contributed by atoms with Crippen molar-refractivity contribution in [2.75, 3.05) is 26.1 Å². The number of benzene rings is 2. The summed E-state index contributed by atoms with van der Waals surface area (Å²) in [5, 5.41) is 3.89. The SMILES string of the molecule is CCOc1ccccc1CN(Cc1cccnc1)C(=S)Nc1ccc(OC)cc1OC. The molecule has 6 nitrogen and oxygen atoms in total. The minimum atomic E-state index is 0.568. The molecule has 1 aromatic heterocycles. The van der Waals surface area contributed by atoms with Gasteiger partial charge < -0.3 is 24.4 Å². The fourth-order valence-electron chi connectivity index (χ4n) is 3.14. The molecule has 1 heterocycles. The second-order valence-electron chi connectivity index (χ2n) is 6.75. The molecule has 0 saturated heterocycles. The van der Waals surface area contributed by atoms with E-state index in [1.165, 1.54) is 0 Å². The molecule has 3 aromatic rings. The fourth-order valence-corrected chi connectivity index (χ4v) is 3.38. The first-order valence-electron chi connectivity index (χ1n) is 10.0. The molecule has 31 heavy (non-hydrogen) atoms. The van der Waals surface area contributed by atoms with Crippen LogP contribution in [0.4, 0.5) is 5.69 Å². The van der Waals surface area contributed by atoms with Crippen molar-refractivity contribution < 1.29 is 14.2 Å². The zero-order valence-corrected chi connectivity index (χ0v) is 18.8. The Morgan fingerprint density at radius 3 is 2.55 bits per heavy atom. The highest BCUT2D eigenvalue weighted by atomic mass is 32.1. The molecule has 162 valence electrons. The van der Waals surface area contributed by atoms with Gasteiger partial charge in [0.2, 0.25) is 0 Å². The molecule has 0 radical (unpaired) electrons. The molecule has 0 aliphatic heterocycles. The summed E-state index contributed by atoms with van der Waals surface area (Å²) in [5.74, 6) is 2.22. The van der Waals surface area contributed by atoms with Gasteiger partial charge in [-0.3, -0.25) is 4.98 Å². The van der Waals surface area contributed by atoms with E-state index in [2.05, 4.69) is 21.3 Å². The van der Waals surface area contributed by atoms with Crippen molar-refractivity contribution in [2.45, 2.75) is 20.0 Å². The van der Waals surface area contributed by atoms with E-state index in [-0.39, 0.29) is 0 Å². The van der Waals surface area contributed by atoms with Gasteiger partial charge >= 0.3 is 0 Å². The van der Waals surface area contributed by atoms with Gasteiger partial charge in [-0.2, -0.15) is 0 Å². The molecule has 0 atom stereocenters. The smallest absolute Gasteiger partial charge is 0.174 e. The van der Waals surface area contributed by atoms with Gasteiger partial charge in [0.1, 0.15) is 17.2 Å². The van der Waals surface area contributed by atoms with Crippen molar-refractivity contribution in [3.05, 3.63) is 78.1 Å². The van der Waals surface area contributed by atoms with Gasteiger partial charge in [-0.1, -0.05) is 24.3 Å². The summed E-state index contributed by atoms with van der Waals surface area (Å²) in [4.78, 5) is 6.31. The number of nitrogens with one attached hydrogen (secondary N) is 1. The van der Waals surface area contributed by atoms with Crippen LogP contribution in [0.25, 0.3) is 0 Å². The number of hydrogen-bond acceptors (Lipinski definition) is 5. The highest BCUT2D eigenvalue weighted by molar-refractivity contribution is 7.80. The number of ether oxygens (including phenoxy) is 3. The third-order valence-electron chi connectivity index (χ3n) is 4.67. The zero-order valence-electron chi connectivity index (χ0n) is 18.0. The lowest BCUT2D eigenvalue weighted by atomic mass is 10.1. The molecule has 7 heteroatoms. The molecule has 0 aliphatic carbocycles. The van der Waals surface area contributed by atoms with E-state index in [0.29, 0.717) is 36.3 Å². The molecule has 0 bridgehead atoms. The Balaban J connectivity index is 1.86. The number of rotatable bonds is 9. The van der Waals surface area contributed by atoms with Gasteiger partial charge in [-0.05, 0) is 49.0 Å². The first-order chi connectivity index (χ1) is 15.1. The molecule has 0 saturated carbocycles. The van der Waals surface area contributed by atoms with Crippen molar-refractivity contribution in [2.24, 2.45) is 0 Å². The number of hydrogen-bond donors (Lipinski definition) is 1. The third kappa shape index (κ3) is 6.08. The van der Waals surface area contributed by atoms with Gasteiger partial charge in [0.05, 0.1) is 26.5 Å². The largest absolute Gasteiger partial charge is 0.497 e. The van der Waals surface area contributed by atoms with Crippen molar-refractivity contribution in [1.29, 1.82) is 0 Å². The molecule has 1 N–H and O–H groups in total. The lowest BCUT2D eigenvalue weighted by Crippen LogP contribution is -2.34. The van der Waals surface area contributed by atoms with Gasteiger partial charge in [0.25, 0.3) is 0 Å². The summed E-state index contributed by atoms with van der Waals surface area (Å²) >= 11 is 5.80. The van der Waals surface area contributed by atoms with Crippen LogP contribution in [0, 0.1) is 0 Å². The summed E-state index contributed by atoms with van der Waals surface area (Å²) in [6.07, 6.45) is 3.61. The Kier molecular flexibility index (Phi) is 8.06. The van der Waals surface area contributed by atoms with Crippen molar-refractivity contribution in [3.63, 3.8) is 0 Å². The van der Waals surface area contributed by atoms with Gasteiger partial charge in [0.15, 0.2) is 5.11 Å². The Morgan fingerprint density at radius 1 is 1.00 bits per heavy atom. The van der Waals surface area contributed by atoms with E-state index in [1.54, 1.807) is 20.4 Å². The van der Waals surface area contributed by atoms with Crippen LogP contribution in [0.5, 0.6) is 17.2 Å². The third-order valence-corrected chi connectivity index (χ3v) is 5.03. The lowest BCUT2D eigenvalue weighted by molar-refractivity contribution is 0.327. The maximum absolute atomic E-state index is 5.81. The first-order valence-corrected chi connectivity index (χ1v) is 10.4. The standard InChI is InChI=1S/C24H27N3O3S/c1-4-30-22-10-6-5-9-19(22)17-27(16-18-8-7-13-25-15-18)24(31)26-21-12-11-20(28-2)14-23(21)29-3/h5-15H,4,16-17H2,1-3H3,(H,26,31). The van der Waals surface area contributed by atoms with Crippen LogP contribution in [0.15, 0.2) is 67.0 Å². The van der Waals surface area contributed by atoms with Gasteiger partial charge in [-0.25, -0.2) is 0 Å². The highest BCUT2D eigenvalue weighted by Gasteiger charge is 2.16. The number of pyridine rings is 1. The number of methoxy groups -OCH3 is 2. The molecule has 3 rings (SSSR count). The number of para-hydroxylation sites is 1. The Morgan fingerprint density at radius 2 is 1.84 bits per heavy atom. The molecule has 0 amide bonds. The molecule has 0 spiro atoms. The van der Waals surface area contributed by atoms with Crippen LogP contribution in [0.1, 0.15) is 18.1 Å². The summed E-state index contributed by atoms with van der Waals surface area (Å²) in [7, 11) is 3.24. The first kappa shape index (κ1) is 22.4. The van der Waals surface area contributed by atoms with Crippen molar-refractivity contribution in [1.82, 2.24) is 9.88 Å². The second-order valence-corrected chi connectivity index (χ2v) is 7.14. The molecular formula is C24H27N3O3S. The van der Waals surface area contributed by atoms with E-state index in [4.69, 9.17) is 26.4 Å².